The fourth-order valence-corrected chi connectivity index (χ4v) is 2.65. The van der Waals surface area contributed by atoms with Crippen molar-refractivity contribution < 1.29 is 5.11 Å². The summed E-state index contributed by atoms with van der Waals surface area (Å²) in [6.45, 7) is 3.62. The van der Waals surface area contributed by atoms with E-state index in [1.165, 1.54) is 5.39 Å². The third-order valence-corrected chi connectivity index (χ3v) is 3.34. The number of rotatable bonds is 2. The van der Waals surface area contributed by atoms with Crippen LogP contribution in [0, 0.1) is 0 Å². The summed E-state index contributed by atoms with van der Waals surface area (Å²) in [5.74, 6) is 0. The lowest BCUT2D eigenvalue weighted by molar-refractivity contribution is 0.0813. The van der Waals surface area contributed by atoms with Crippen LogP contribution in [0.3, 0.4) is 0 Å². The van der Waals surface area contributed by atoms with Gasteiger partial charge in [-0.25, -0.2) is 0 Å². The second-order valence-electron chi connectivity index (χ2n) is 5.76. The average Bonchev–Trinajstić information content (AvgIpc) is 2.66. The largest absolute Gasteiger partial charge is 0.399 e. The Hall–Kier alpha value is -2.00. The molecule has 0 fully saturated rings. The SMILES string of the molecule is CC(C)(O)Cc1cc(N)cc2c1[nH]c1ccccc12. The van der Waals surface area contributed by atoms with Gasteiger partial charge in [-0.05, 0) is 37.6 Å². The van der Waals surface area contributed by atoms with Crippen LogP contribution in [-0.4, -0.2) is 15.7 Å². The lowest BCUT2D eigenvalue weighted by atomic mass is 9.96. The number of aromatic nitrogens is 1. The minimum atomic E-state index is -0.752. The van der Waals surface area contributed by atoms with Gasteiger partial charge in [-0.2, -0.15) is 0 Å². The number of hydrogen-bond acceptors (Lipinski definition) is 2. The Labute approximate surface area is 112 Å². The number of aliphatic hydroxyl groups is 1. The van der Waals surface area contributed by atoms with Crippen molar-refractivity contribution in [3.05, 3.63) is 42.0 Å². The van der Waals surface area contributed by atoms with E-state index in [0.29, 0.717) is 6.42 Å². The molecule has 2 aromatic carbocycles. The summed E-state index contributed by atoms with van der Waals surface area (Å²) in [7, 11) is 0. The van der Waals surface area contributed by atoms with Crippen molar-refractivity contribution in [1.29, 1.82) is 0 Å². The minimum absolute atomic E-state index is 0.571. The van der Waals surface area contributed by atoms with Gasteiger partial charge in [0, 0.05) is 33.9 Å². The molecule has 98 valence electrons. The van der Waals surface area contributed by atoms with Gasteiger partial charge < -0.3 is 15.8 Å². The van der Waals surface area contributed by atoms with E-state index >= 15 is 0 Å². The molecule has 1 heterocycles. The number of nitrogens with one attached hydrogen (secondary N) is 1. The second-order valence-corrected chi connectivity index (χ2v) is 5.76. The van der Waals surface area contributed by atoms with E-state index in [9.17, 15) is 5.11 Å². The smallest absolute Gasteiger partial charge is 0.0632 e. The normalized spacial score (nSPS) is 12.4. The number of benzene rings is 2. The minimum Gasteiger partial charge on any atom is -0.399 e. The molecule has 4 N–H and O–H groups in total. The van der Waals surface area contributed by atoms with Gasteiger partial charge >= 0.3 is 0 Å². The number of hydrogen-bond donors (Lipinski definition) is 3. The predicted octanol–water partition coefficient (Wildman–Crippen LogP) is 3.22. The third kappa shape index (κ3) is 2.17. The van der Waals surface area contributed by atoms with E-state index in [2.05, 4.69) is 17.1 Å². The van der Waals surface area contributed by atoms with Crippen LogP contribution in [0.25, 0.3) is 21.8 Å². The van der Waals surface area contributed by atoms with Crippen molar-refractivity contribution in [2.45, 2.75) is 25.9 Å². The van der Waals surface area contributed by atoms with Gasteiger partial charge in [0.1, 0.15) is 0 Å². The van der Waals surface area contributed by atoms with Crippen LogP contribution in [0.1, 0.15) is 19.4 Å². The van der Waals surface area contributed by atoms with Gasteiger partial charge in [0.2, 0.25) is 0 Å². The number of anilines is 1. The quantitative estimate of drug-likeness (QED) is 0.615. The molecule has 19 heavy (non-hydrogen) atoms. The van der Waals surface area contributed by atoms with E-state index in [0.717, 1.165) is 27.7 Å². The van der Waals surface area contributed by atoms with Gasteiger partial charge in [0.15, 0.2) is 0 Å². The molecule has 3 nitrogen and oxygen atoms in total. The molecule has 0 aliphatic carbocycles. The van der Waals surface area contributed by atoms with Gasteiger partial charge in [0.05, 0.1) is 5.60 Å². The maximum atomic E-state index is 10.0. The molecule has 0 aliphatic rings. The van der Waals surface area contributed by atoms with Crippen LogP contribution in [0.4, 0.5) is 5.69 Å². The maximum absolute atomic E-state index is 10.0. The maximum Gasteiger partial charge on any atom is 0.0632 e. The Morgan fingerprint density at radius 3 is 2.63 bits per heavy atom. The van der Waals surface area contributed by atoms with Crippen molar-refractivity contribution in [2.75, 3.05) is 5.73 Å². The van der Waals surface area contributed by atoms with E-state index in [1.54, 1.807) is 0 Å². The van der Waals surface area contributed by atoms with Gasteiger partial charge in [0.25, 0.3) is 0 Å². The van der Waals surface area contributed by atoms with Gasteiger partial charge in [-0.1, -0.05) is 18.2 Å². The molecule has 1 aromatic heterocycles. The highest BCUT2D eigenvalue weighted by Crippen LogP contribution is 2.31. The number of nitrogens with two attached hydrogens (primary N) is 1. The third-order valence-electron chi connectivity index (χ3n) is 3.34. The predicted molar refractivity (Wildman–Crippen MR) is 80.2 cm³/mol. The Morgan fingerprint density at radius 1 is 1.16 bits per heavy atom. The molecule has 0 amide bonds. The summed E-state index contributed by atoms with van der Waals surface area (Å²) in [6.07, 6.45) is 0.571. The Morgan fingerprint density at radius 2 is 1.89 bits per heavy atom. The van der Waals surface area contributed by atoms with Gasteiger partial charge in [-0.3, -0.25) is 0 Å². The second kappa shape index (κ2) is 4.00. The van der Waals surface area contributed by atoms with E-state index in [-0.39, 0.29) is 0 Å². The Bertz CT molecular complexity index is 750. The summed E-state index contributed by atoms with van der Waals surface area (Å²) in [4.78, 5) is 3.43. The standard InChI is InChI=1S/C16H18N2O/c1-16(2,19)9-10-7-11(17)8-13-12-5-3-4-6-14(12)18-15(10)13/h3-8,18-19H,9,17H2,1-2H3. The Balaban J connectivity index is 2.33. The zero-order chi connectivity index (χ0) is 13.6. The van der Waals surface area contributed by atoms with Crippen molar-refractivity contribution in [3.63, 3.8) is 0 Å². The molecule has 0 saturated carbocycles. The first-order valence-corrected chi connectivity index (χ1v) is 6.45. The van der Waals surface area contributed by atoms with Crippen LogP contribution >= 0.6 is 0 Å². The molecule has 0 bridgehead atoms. The molecule has 0 unspecified atom stereocenters. The molecule has 0 aliphatic heterocycles. The van der Waals surface area contributed by atoms with Crippen LogP contribution in [0.15, 0.2) is 36.4 Å². The molecule has 0 saturated heterocycles. The fraction of sp³-hybridized carbons (Fsp3) is 0.250. The molecule has 0 spiro atoms. The van der Waals surface area contributed by atoms with Crippen molar-refractivity contribution >= 4 is 27.5 Å². The first-order chi connectivity index (χ1) is 8.94. The summed E-state index contributed by atoms with van der Waals surface area (Å²) in [5, 5.41) is 12.3. The van der Waals surface area contributed by atoms with Crippen LogP contribution in [-0.2, 0) is 6.42 Å². The van der Waals surface area contributed by atoms with E-state index in [4.69, 9.17) is 5.73 Å². The number of nitrogen functional groups attached to an aromatic ring is 1. The van der Waals surface area contributed by atoms with Crippen LogP contribution in [0.5, 0.6) is 0 Å². The first-order valence-electron chi connectivity index (χ1n) is 6.45. The lowest BCUT2D eigenvalue weighted by Gasteiger charge is -2.17. The summed E-state index contributed by atoms with van der Waals surface area (Å²) in [5.41, 5.74) is 9.20. The molecular weight excluding hydrogens is 236 g/mol. The van der Waals surface area contributed by atoms with Crippen molar-refractivity contribution in [1.82, 2.24) is 4.98 Å². The summed E-state index contributed by atoms with van der Waals surface area (Å²) >= 11 is 0. The molecule has 0 radical (unpaired) electrons. The zero-order valence-electron chi connectivity index (χ0n) is 11.2. The van der Waals surface area contributed by atoms with Crippen LogP contribution < -0.4 is 5.73 Å². The number of H-pyrrole nitrogens is 1. The topological polar surface area (TPSA) is 62.0 Å². The Kier molecular flexibility index (Phi) is 2.54. The highest BCUT2D eigenvalue weighted by Gasteiger charge is 2.17. The van der Waals surface area contributed by atoms with Crippen molar-refractivity contribution in [2.24, 2.45) is 0 Å². The molecule has 0 atom stereocenters. The lowest BCUT2D eigenvalue weighted by Crippen LogP contribution is -2.22. The fourth-order valence-electron chi connectivity index (χ4n) is 2.65. The monoisotopic (exact) mass is 254 g/mol. The van der Waals surface area contributed by atoms with E-state index in [1.807, 2.05) is 38.1 Å². The van der Waals surface area contributed by atoms with Gasteiger partial charge in [-0.15, -0.1) is 0 Å². The molecule has 3 rings (SSSR count). The zero-order valence-corrected chi connectivity index (χ0v) is 11.2. The number of aromatic amines is 1. The number of para-hydroxylation sites is 1. The molecule has 3 heteroatoms. The van der Waals surface area contributed by atoms with E-state index < -0.39 is 5.60 Å². The number of fused-ring (bicyclic) bond motifs is 3. The average molecular weight is 254 g/mol. The first kappa shape index (κ1) is 12.1. The molecular formula is C16H18N2O. The highest BCUT2D eigenvalue weighted by atomic mass is 16.3. The molecule has 3 aromatic rings. The van der Waals surface area contributed by atoms with Crippen LogP contribution in [0.2, 0.25) is 0 Å². The van der Waals surface area contributed by atoms with Crippen molar-refractivity contribution in [3.8, 4) is 0 Å². The highest BCUT2D eigenvalue weighted by molar-refractivity contribution is 6.09. The summed E-state index contributed by atoms with van der Waals surface area (Å²) < 4.78 is 0. The summed E-state index contributed by atoms with van der Waals surface area (Å²) in [6, 6.07) is 12.1.